The maximum atomic E-state index is 12.9. The summed E-state index contributed by atoms with van der Waals surface area (Å²) in [4.78, 5) is 17.3. The van der Waals surface area contributed by atoms with E-state index in [1.54, 1.807) is 0 Å². The Bertz CT molecular complexity index is 945. The van der Waals surface area contributed by atoms with Gasteiger partial charge in [0.05, 0.1) is 17.8 Å². The molecule has 24 heavy (non-hydrogen) atoms. The van der Waals surface area contributed by atoms with E-state index in [0.29, 0.717) is 17.8 Å². The highest BCUT2D eigenvalue weighted by atomic mass is 16.3. The molecule has 2 atom stereocenters. The van der Waals surface area contributed by atoms with Crippen LogP contribution in [0.4, 0.5) is 0 Å². The maximum Gasteiger partial charge on any atom is 0.270 e. The Morgan fingerprint density at radius 2 is 2.04 bits per heavy atom. The van der Waals surface area contributed by atoms with Gasteiger partial charge in [0.2, 0.25) is 0 Å². The van der Waals surface area contributed by atoms with Crippen molar-refractivity contribution in [2.24, 2.45) is 0 Å². The number of carbonyl (C=O) groups is 1. The Kier molecular flexibility index (Phi) is 3.39. The van der Waals surface area contributed by atoms with Gasteiger partial charge in [0, 0.05) is 12.6 Å². The lowest BCUT2D eigenvalue weighted by Crippen LogP contribution is -2.34. The van der Waals surface area contributed by atoms with E-state index in [1.165, 1.54) is 0 Å². The molecule has 0 spiro atoms. The SMILES string of the molecule is Cc1ccc2nc(C)c(C(=O)N[C@@H]3c4ccccc4C[C@@H]3O)n2c1. The number of hydrogen-bond donors (Lipinski definition) is 2. The van der Waals surface area contributed by atoms with Crippen molar-refractivity contribution in [2.45, 2.75) is 32.4 Å². The molecule has 2 heterocycles. The van der Waals surface area contributed by atoms with Crippen LogP contribution in [0.2, 0.25) is 0 Å². The van der Waals surface area contributed by atoms with Gasteiger partial charge in [0.1, 0.15) is 11.3 Å². The van der Waals surface area contributed by atoms with Crippen molar-refractivity contribution in [2.75, 3.05) is 0 Å². The number of benzene rings is 1. The van der Waals surface area contributed by atoms with Crippen LogP contribution in [-0.2, 0) is 6.42 Å². The molecule has 1 aliphatic rings. The van der Waals surface area contributed by atoms with Gasteiger partial charge in [-0.15, -0.1) is 0 Å². The average Bonchev–Trinajstić information content (AvgIpc) is 3.03. The smallest absolute Gasteiger partial charge is 0.270 e. The lowest BCUT2D eigenvalue weighted by Gasteiger charge is -2.18. The van der Waals surface area contributed by atoms with Gasteiger partial charge in [-0.05, 0) is 36.6 Å². The lowest BCUT2D eigenvalue weighted by atomic mass is 10.1. The molecular weight excluding hydrogens is 302 g/mol. The normalized spacial score (nSPS) is 19.5. The number of nitrogens with zero attached hydrogens (tertiary/aromatic N) is 2. The van der Waals surface area contributed by atoms with Crippen LogP contribution in [0.15, 0.2) is 42.6 Å². The first kappa shape index (κ1) is 14.9. The van der Waals surface area contributed by atoms with Gasteiger partial charge < -0.3 is 10.4 Å². The molecular formula is C19H19N3O2. The molecule has 2 N–H and O–H groups in total. The van der Waals surface area contributed by atoms with Crippen LogP contribution >= 0.6 is 0 Å². The number of aliphatic hydroxyl groups excluding tert-OH is 1. The molecule has 1 aliphatic carbocycles. The van der Waals surface area contributed by atoms with Gasteiger partial charge in [0.15, 0.2) is 0 Å². The van der Waals surface area contributed by atoms with Crippen molar-refractivity contribution in [1.82, 2.24) is 14.7 Å². The van der Waals surface area contributed by atoms with Gasteiger partial charge in [-0.1, -0.05) is 30.3 Å². The van der Waals surface area contributed by atoms with Gasteiger partial charge in [-0.2, -0.15) is 0 Å². The molecule has 2 aromatic heterocycles. The number of carbonyl (C=O) groups excluding carboxylic acids is 1. The van der Waals surface area contributed by atoms with E-state index in [2.05, 4.69) is 10.3 Å². The van der Waals surface area contributed by atoms with E-state index in [9.17, 15) is 9.90 Å². The molecule has 122 valence electrons. The molecule has 0 bridgehead atoms. The first-order valence-corrected chi connectivity index (χ1v) is 8.06. The number of imidazole rings is 1. The van der Waals surface area contributed by atoms with Crippen molar-refractivity contribution in [3.63, 3.8) is 0 Å². The molecule has 0 aliphatic heterocycles. The molecule has 0 unspecified atom stereocenters. The summed E-state index contributed by atoms with van der Waals surface area (Å²) in [6.07, 6.45) is 1.86. The summed E-state index contributed by atoms with van der Waals surface area (Å²) >= 11 is 0. The number of pyridine rings is 1. The van der Waals surface area contributed by atoms with Crippen LogP contribution in [0, 0.1) is 13.8 Å². The third kappa shape index (κ3) is 2.29. The predicted molar refractivity (Wildman–Crippen MR) is 91.0 cm³/mol. The Morgan fingerprint density at radius 3 is 2.88 bits per heavy atom. The summed E-state index contributed by atoms with van der Waals surface area (Å²) in [6, 6.07) is 11.3. The monoisotopic (exact) mass is 321 g/mol. The summed E-state index contributed by atoms with van der Waals surface area (Å²) < 4.78 is 1.81. The number of aromatic nitrogens is 2. The van der Waals surface area contributed by atoms with Crippen molar-refractivity contribution >= 4 is 11.6 Å². The summed E-state index contributed by atoms with van der Waals surface area (Å²) in [7, 11) is 0. The summed E-state index contributed by atoms with van der Waals surface area (Å²) in [5, 5.41) is 13.3. The van der Waals surface area contributed by atoms with E-state index in [0.717, 1.165) is 22.3 Å². The van der Waals surface area contributed by atoms with Crippen LogP contribution < -0.4 is 5.32 Å². The van der Waals surface area contributed by atoms with Crippen molar-refractivity contribution in [1.29, 1.82) is 0 Å². The van der Waals surface area contributed by atoms with Crippen LogP contribution in [0.5, 0.6) is 0 Å². The molecule has 1 aromatic carbocycles. The summed E-state index contributed by atoms with van der Waals surface area (Å²) in [5.41, 5.74) is 5.07. The van der Waals surface area contributed by atoms with Crippen molar-refractivity contribution in [3.8, 4) is 0 Å². The van der Waals surface area contributed by atoms with E-state index in [1.807, 2.05) is 60.8 Å². The van der Waals surface area contributed by atoms with E-state index in [4.69, 9.17) is 0 Å². The molecule has 0 saturated carbocycles. The minimum absolute atomic E-state index is 0.216. The third-order valence-electron chi connectivity index (χ3n) is 4.65. The number of aliphatic hydroxyl groups is 1. The van der Waals surface area contributed by atoms with Crippen LogP contribution in [0.3, 0.4) is 0 Å². The summed E-state index contributed by atoms with van der Waals surface area (Å²) in [5.74, 6) is -0.216. The zero-order chi connectivity index (χ0) is 16.8. The lowest BCUT2D eigenvalue weighted by molar-refractivity contribution is 0.0852. The number of hydrogen-bond acceptors (Lipinski definition) is 3. The van der Waals surface area contributed by atoms with Crippen molar-refractivity contribution in [3.05, 3.63) is 70.7 Å². The fourth-order valence-electron chi connectivity index (χ4n) is 3.50. The van der Waals surface area contributed by atoms with E-state index in [-0.39, 0.29) is 11.9 Å². The Balaban J connectivity index is 1.71. The highest BCUT2D eigenvalue weighted by Gasteiger charge is 2.33. The molecule has 0 radical (unpaired) electrons. The molecule has 5 nitrogen and oxygen atoms in total. The Morgan fingerprint density at radius 1 is 1.25 bits per heavy atom. The number of amides is 1. The fraction of sp³-hybridized carbons (Fsp3) is 0.263. The molecule has 3 aromatic rings. The minimum atomic E-state index is -0.604. The second-order valence-corrected chi connectivity index (χ2v) is 6.40. The predicted octanol–water partition coefficient (Wildman–Crippen LogP) is 2.34. The molecule has 0 saturated heterocycles. The second-order valence-electron chi connectivity index (χ2n) is 6.40. The van der Waals surface area contributed by atoms with Crippen LogP contribution in [-0.4, -0.2) is 26.5 Å². The minimum Gasteiger partial charge on any atom is -0.390 e. The zero-order valence-electron chi connectivity index (χ0n) is 13.7. The number of fused-ring (bicyclic) bond motifs is 2. The third-order valence-corrected chi connectivity index (χ3v) is 4.65. The van der Waals surface area contributed by atoms with E-state index < -0.39 is 6.10 Å². The van der Waals surface area contributed by atoms with Gasteiger partial charge in [-0.3, -0.25) is 9.20 Å². The van der Waals surface area contributed by atoms with Crippen molar-refractivity contribution < 1.29 is 9.90 Å². The van der Waals surface area contributed by atoms with E-state index >= 15 is 0 Å². The molecule has 1 amide bonds. The highest BCUT2D eigenvalue weighted by Crippen LogP contribution is 2.31. The molecule has 0 fully saturated rings. The standard InChI is InChI=1S/C19H19N3O2/c1-11-7-8-16-20-12(2)18(22(16)10-11)19(24)21-17-14-6-4-3-5-13(14)9-15(17)23/h3-8,10,15,17,23H,9H2,1-2H3,(H,21,24)/t15-,17+/m0/s1. The second kappa shape index (κ2) is 5.46. The van der Waals surface area contributed by atoms with Gasteiger partial charge in [0.25, 0.3) is 5.91 Å². The Hall–Kier alpha value is -2.66. The first-order chi connectivity index (χ1) is 11.5. The van der Waals surface area contributed by atoms with Gasteiger partial charge >= 0.3 is 0 Å². The zero-order valence-corrected chi connectivity index (χ0v) is 13.7. The van der Waals surface area contributed by atoms with Gasteiger partial charge in [-0.25, -0.2) is 4.98 Å². The fourth-order valence-corrected chi connectivity index (χ4v) is 3.50. The largest absolute Gasteiger partial charge is 0.390 e. The average molecular weight is 321 g/mol. The number of rotatable bonds is 2. The van der Waals surface area contributed by atoms with Crippen LogP contribution in [0.25, 0.3) is 5.65 Å². The number of nitrogens with one attached hydrogen (secondary N) is 1. The highest BCUT2D eigenvalue weighted by molar-refractivity contribution is 5.95. The summed E-state index contributed by atoms with van der Waals surface area (Å²) in [6.45, 7) is 3.81. The quantitative estimate of drug-likeness (QED) is 0.761. The number of aryl methyl sites for hydroxylation is 2. The Labute approximate surface area is 140 Å². The molecule has 5 heteroatoms. The molecule has 4 rings (SSSR count). The van der Waals surface area contributed by atoms with Crippen LogP contribution in [0.1, 0.15) is 38.9 Å². The maximum absolute atomic E-state index is 12.9. The topological polar surface area (TPSA) is 66.6 Å². The first-order valence-electron chi connectivity index (χ1n) is 8.06.